The molecule has 0 radical (unpaired) electrons. The molecule has 0 fully saturated rings. The lowest BCUT2D eigenvalue weighted by molar-refractivity contribution is 0.518. The molecule has 0 heterocycles. The highest BCUT2D eigenvalue weighted by Crippen LogP contribution is 2.44. The molecule has 14 heteroatoms. The zero-order chi connectivity index (χ0) is 68.9. The summed E-state index contributed by atoms with van der Waals surface area (Å²) in [6.07, 6.45) is 5.12. The fraction of sp³-hybridized carbons (Fsp3) is 0.351. The predicted octanol–water partition coefficient (Wildman–Crippen LogP) is 25.1. The number of halogens is 6. The van der Waals surface area contributed by atoms with Gasteiger partial charge in [-0.15, -0.1) is 45.2 Å². The molecule has 0 aliphatic heterocycles. The molecule has 91 heavy (non-hydrogen) atoms. The minimum Gasteiger partial charge on any atom is -0.312 e. The molecule has 0 aromatic heterocycles. The fourth-order valence-electron chi connectivity index (χ4n) is 8.93. The van der Waals surface area contributed by atoms with Gasteiger partial charge in [-0.2, -0.15) is 0 Å². The molecule has 8 rings (SSSR count). The zero-order valence-corrected chi connectivity index (χ0v) is 74.9. The van der Waals surface area contributed by atoms with Gasteiger partial charge in [-0.25, -0.2) is 0 Å². The molecule has 0 aliphatic carbocycles. The van der Waals surface area contributed by atoms with Crippen molar-refractivity contribution >= 4 is 217 Å². The maximum atomic E-state index is 5.12. The van der Waals surface area contributed by atoms with E-state index in [2.05, 4.69) is 413 Å². The standard InChI is InChI=1S/C48H60Si6.C18H6Br6.C6H15N.C5H10Si/c1-49(2,3)25-19-37-31-43-44(32-38(37)20-26-50(4,5)6)46-34-40(22-28-52(10,11)12)42(24-30-54(16,17)18)36-48(46)47-35-41(23-29-53(13,14)15)39(33-45(43)47)21-27-51(7,8)9;19-13-1-7-8(2-14(13)20)10-4-17(23)18(24)6-12(10)11-5-16(22)15(21)3-9(7)11;1-5(2)7-6(3)4;1-5-6(2,3)4/h31-36H,1-18H3;1-6H;5-7H,1-4H3;1H,2-4H3. The number of hydrogen-bond acceptors (Lipinski definition) is 1. The smallest absolute Gasteiger partial charge is 0.129 e. The molecule has 0 spiro atoms. The number of benzene rings is 8. The van der Waals surface area contributed by atoms with Crippen LogP contribution in [0.3, 0.4) is 0 Å². The van der Waals surface area contributed by atoms with Crippen molar-refractivity contribution in [1.82, 2.24) is 5.32 Å². The summed E-state index contributed by atoms with van der Waals surface area (Å²) >= 11 is 21.8. The highest BCUT2D eigenvalue weighted by atomic mass is 79.9. The lowest BCUT2D eigenvalue weighted by Gasteiger charge is -2.16. The lowest BCUT2D eigenvalue weighted by Crippen LogP contribution is -2.29. The molecule has 0 bridgehead atoms. The molecule has 0 saturated carbocycles. The summed E-state index contributed by atoms with van der Waals surface area (Å²) in [7, 11) is -11.1. The second-order valence-corrected chi connectivity index (χ2v) is 69.6. The summed E-state index contributed by atoms with van der Waals surface area (Å²) in [5.74, 6) is 21.9. The Labute approximate surface area is 606 Å². The third-order valence-electron chi connectivity index (χ3n) is 12.9. The lowest BCUT2D eigenvalue weighted by atomic mass is 9.87. The van der Waals surface area contributed by atoms with Gasteiger partial charge in [-0.3, -0.25) is 0 Å². The number of rotatable bonds is 2. The van der Waals surface area contributed by atoms with Crippen LogP contribution in [0, 0.1) is 80.8 Å². The highest BCUT2D eigenvalue weighted by molar-refractivity contribution is 9.13. The molecule has 8 aromatic carbocycles. The molecule has 8 aromatic rings. The summed E-state index contributed by atoms with van der Waals surface area (Å²) in [5.41, 5.74) is 30.7. The molecule has 0 aliphatic rings. The van der Waals surface area contributed by atoms with E-state index in [-0.39, 0.29) is 0 Å². The van der Waals surface area contributed by atoms with Gasteiger partial charge in [0.1, 0.15) is 56.5 Å². The molecule has 474 valence electrons. The van der Waals surface area contributed by atoms with Crippen LogP contribution < -0.4 is 5.32 Å². The Bertz CT molecular complexity index is 3830. The van der Waals surface area contributed by atoms with Crippen molar-refractivity contribution in [2.75, 3.05) is 0 Å². The summed E-state index contributed by atoms with van der Waals surface area (Å²) in [5, 5.41) is 17.6. The van der Waals surface area contributed by atoms with E-state index in [0.717, 1.165) is 60.2 Å². The van der Waals surface area contributed by atoms with Gasteiger partial charge in [0, 0.05) is 72.3 Å². The molecular weight excluding hydrogens is 1610 g/mol. The van der Waals surface area contributed by atoms with E-state index < -0.39 is 56.5 Å². The van der Waals surface area contributed by atoms with Gasteiger partial charge in [0.05, 0.1) is 0 Å². The third-order valence-corrected chi connectivity index (χ3v) is 24.6. The van der Waals surface area contributed by atoms with E-state index in [1.807, 2.05) is 0 Å². The van der Waals surface area contributed by atoms with Crippen LogP contribution in [0.15, 0.2) is 99.6 Å². The van der Waals surface area contributed by atoms with E-state index in [4.69, 9.17) is 6.42 Å². The second-order valence-electron chi connectivity index (χ2n) is 31.1. The number of fused-ring (bicyclic) bond motifs is 12. The molecule has 1 nitrogen and oxygen atoms in total. The first kappa shape index (κ1) is 78.3. The van der Waals surface area contributed by atoms with Crippen LogP contribution in [-0.4, -0.2) is 68.6 Å². The van der Waals surface area contributed by atoms with Gasteiger partial charge in [-0.1, -0.05) is 201 Å². The van der Waals surface area contributed by atoms with Gasteiger partial charge in [-0.05, 0) is 233 Å². The van der Waals surface area contributed by atoms with Crippen LogP contribution in [0.2, 0.25) is 137 Å². The molecule has 0 amide bonds. The van der Waals surface area contributed by atoms with Gasteiger partial charge >= 0.3 is 0 Å². The van der Waals surface area contributed by atoms with E-state index in [1.165, 1.54) is 64.6 Å². The Kier molecular flexibility index (Phi) is 26.8. The molecular formula is C77H91Br6NSi7. The predicted molar refractivity (Wildman–Crippen MR) is 451 cm³/mol. The van der Waals surface area contributed by atoms with Crippen molar-refractivity contribution < 1.29 is 0 Å². The largest absolute Gasteiger partial charge is 0.312 e. The summed E-state index contributed by atoms with van der Waals surface area (Å²) in [6.45, 7) is 56.5. The Morgan fingerprint density at radius 2 is 0.374 bits per heavy atom. The van der Waals surface area contributed by atoms with Crippen molar-refractivity contribution in [3.63, 3.8) is 0 Å². The summed E-state index contributed by atoms with van der Waals surface area (Å²) in [6, 6.07) is 28.2. The first-order valence-corrected chi connectivity index (χ1v) is 60.2. The molecule has 0 unspecified atom stereocenters. The Morgan fingerprint density at radius 3 is 0.462 bits per heavy atom. The first-order valence-electron chi connectivity index (χ1n) is 31.0. The Morgan fingerprint density at radius 1 is 0.253 bits per heavy atom. The minimum absolute atomic E-state index is 0.625. The quantitative estimate of drug-likeness (QED) is 0.103. The van der Waals surface area contributed by atoms with Crippen molar-refractivity contribution in [3.8, 4) is 80.8 Å². The van der Waals surface area contributed by atoms with Crippen LogP contribution in [0.5, 0.6) is 0 Å². The highest BCUT2D eigenvalue weighted by Gasteiger charge is 2.21. The molecule has 0 atom stereocenters. The minimum atomic E-state index is -1.67. The van der Waals surface area contributed by atoms with Gasteiger partial charge in [0.25, 0.3) is 0 Å². The van der Waals surface area contributed by atoms with Crippen molar-refractivity contribution in [2.24, 2.45) is 0 Å². The zero-order valence-electron chi connectivity index (χ0n) is 58.4. The monoisotopic (exact) mass is 1700 g/mol. The summed E-state index contributed by atoms with van der Waals surface area (Å²) in [4.78, 5) is 0. The average Bonchev–Trinajstić information content (AvgIpc) is 0.737. The summed E-state index contributed by atoms with van der Waals surface area (Å²) < 4.78 is 6.28. The maximum Gasteiger partial charge on any atom is 0.129 e. The van der Waals surface area contributed by atoms with Crippen LogP contribution >= 0.6 is 95.6 Å². The van der Waals surface area contributed by atoms with Gasteiger partial charge in [0.15, 0.2) is 0 Å². The average molecular weight is 1710 g/mol. The number of terminal acetylenes is 1. The van der Waals surface area contributed by atoms with E-state index in [0.29, 0.717) is 12.1 Å². The molecule has 0 saturated heterocycles. The van der Waals surface area contributed by atoms with Crippen molar-refractivity contribution in [3.05, 3.63) is 133 Å². The fourth-order valence-corrected chi connectivity index (χ4v) is 14.0. The van der Waals surface area contributed by atoms with Gasteiger partial charge in [0.2, 0.25) is 0 Å². The van der Waals surface area contributed by atoms with Crippen molar-refractivity contribution in [1.29, 1.82) is 0 Å². The van der Waals surface area contributed by atoms with Crippen LogP contribution in [0.4, 0.5) is 0 Å². The third kappa shape index (κ3) is 24.3. The topological polar surface area (TPSA) is 12.0 Å². The Balaban J connectivity index is 0.000000328. The van der Waals surface area contributed by atoms with Crippen LogP contribution in [0.25, 0.3) is 64.6 Å². The normalized spacial score (nSPS) is 11.8. The van der Waals surface area contributed by atoms with Gasteiger partial charge < -0.3 is 5.32 Å². The first-order chi connectivity index (χ1) is 41.5. The van der Waals surface area contributed by atoms with E-state index in [9.17, 15) is 0 Å². The second kappa shape index (κ2) is 31.2. The number of nitrogens with one attached hydrogen (secondary N) is 1. The SMILES string of the molecule is Brc1cc2c3cc(Br)c(Br)cc3c3cc(Br)c(Br)cc3c2cc1Br.C#C[Si](C)(C)C.CC(C)NC(C)C.C[Si](C)(C)C#Cc1cc2c3cc(C#C[Si](C)(C)C)c(C#C[Si](C)(C)C)cc3c3cc(C#C[Si](C)(C)C)c(C#C[Si](C)(C)C)cc3c2cc1C#C[Si](C)(C)C. The van der Waals surface area contributed by atoms with Crippen LogP contribution in [0.1, 0.15) is 61.1 Å². The Hall–Kier alpha value is -3.40. The molecule has 1 N–H and O–H groups in total. The van der Waals surface area contributed by atoms with E-state index in [1.54, 1.807) is 0 Å². The van der Waals surface area contributed by atoms with Crippen molar-refractivity contribution in [2.45, 2.75) is 177 Å². The maximum absolute atomic E-state index is 5.12. The van der Waals surface area contributed by atoms with Crippen LogP contribution in [-0.2, 0) is 0 Å². The van der Waals surface area contributed by atoms with E-state index >= 15 is 0 Å². The number of hydrogen-bond donors (Lipinski definition) is 1.